The van der Waals surface area contributed by atoms with Gasteiger partial charge in [0.05, 0.1) is 11.6 Å². The Bertz CT molecular complexity index is 1180. The standard InChI is InChI=1S/C24H24N6O/c1-16-26-10-8-23(29-16)30-19-4-6-20(7-5-19)31-22-14-18(17-3-2-9-25-15-17)13-21-24(22)28-12-11-27-21/h2-3,8-15,19-20H,4-7H2,1H3,(H,26,29,30). The molecule has 0 atom stereocenters. The molecule has 3 heterocycles. The van der Waals surface area contributed by atoms with Crippen molar-refractivity contribution in [1.29, 1.82) is 0 Å². The molecule has 156 valence electrons. The first-order valence-electron chi connectivity index (χ1n) is 10.6. The Kier molecular flexibility index (Phi) is 5.39. The summed E-state index contributed by atoms with van der Waals surface area (Å²) in [5, 5.41) is 3.53. The lowest BCUT2D eigenvalue weighted by Gasteiger charge is -2.30. The van der Waals surface area contributed by atoms with E-state index in [4.69, 9.17) is 4.74 Å². The maximum absolute atomic E-state index is 6.47. The van der Waals surface area contributed by atoms with Crippen LogP contribution in [0.5, 0.6) is 5.75 Å². The Labute approximate surface area is 181 Å². The third-order valence-electron chi connectivity index (χ3n) is 5.63. The third kappa shape index (κ3) is 4.45. The molecule has 4 aromatic rings. The molecule has 1 aromatic carbocycles. The summed E-state index contributed by atoms with van der Waals surface area (Å²) in [4.78, 5) is 21.9. The number of rotatable bonds is 5. The Hall–Kier alpha value is -3.61. The van der Waals surface area contributed by atoms with Gasteiger partial charge in [0.15, 0.2) is 0 Å². The lowest BCUT2D eigenvalue weighted by atomic mass is 9.93. The zero-order chi connectivity index (χ0) is 21.0. The van der Waals surface area contributed by atoms with Crippen molar-refractivity contribution in [2.75, 3.05) is 5.32 Å². The molecule has 1 fully saturated rings. The number of pyridine rings is 1. The zero-order valence-corrected chi connectivity index (χ0v) is 17.4. The lowest BCUT2D eigenvalue weighted by molar-refractivity contribution is 0.152. The van der Waals surface area contributed by atoms with Gasteiger partial charge in [0.25, 0.3) is 0 Å². The summed E-state index contributed by atoms with van der Waals surface area (Å²) in [5.41, 5.74) is 3.69. The second-order valence-electron chi connectivity index (χ2n) is 7.87. The van der Waals surface area contributed by atoms with Crippen molar-refractivity contribution in [3.05, 3.63) is 67.1 Å². The molecular formula is C24H24N6O. The molecule has 0 aliphatic heterocycles. The molecule has 0 spiro atoms. The first-order chi connectivity index (χ1) is 15.2. The van der Waals surface area contributed by atoms with Crippen LogP contribution in [0, 0.1) is 6.92 Å². The van der Waals surface area contributed by atoms with E-state index in [9.17, 15) is 0 Å². The number of aryl methyl sites for hydroxylation is 1. The predicted octanol–water partition coefficient (Wildman–Crippen LogP) is 4.59. The van der Waals surface area contributed by atoms with Crippen molar-refractivity contribution < 1.29 is 4.74 Å². The highest BCUT2D eigenvalue weighted by atomic mass is 16.5. The average molecular weight is 412 g/mol. The summed E-state index contributed by atoms with van der Waals surface area (Å²) in [6.45, 7) is 1.91. The molecule has 31 heavy (non-hydrogen) atoms. The molecule has 7 heteroatoms. The van der Waals surface area contributed by atoms with Crippen molar-refractivity contribution in [2.45, 2.75) is 44.8 Å². The van der Waals surface area contributed by atoms with Crippen molar-refractivity contribution >= 4 is 16.9 Å². The molecule has 0 radical (unpaired) electrons. The minimum absolute atomic E-state index is 0.152. The summed E-state index contributed by atoms with van der Waals surface area (Å²) in [5.74, 6) is 2.46. The van der Waals surface area contributed by atoms with Crippen LogP contribution >= 0.6 is 0 Å². The molecule has 1 saturated carbocycles. The number of nitrogens with zero attached hydrogens (tertiary/aromatic N) is 5. The number of ether oxygens (including phenoxy) is 1. The molecule has 0 amide bonds. The number of fused-ring (bicyclic) bond motifs is 1. The van der Waals surface area contributed by atoms with E-state index in [0.29, 0.717) is 6.04 Å². The second-order valence-corrected chi connectivity index (χ2v) is 7.87. The fourth-order valence-corrected chi connectivity index (χ4v) is 4.08. The minimum atomic E-state index is 0.152. The van der Waals surface area contributed by atoms with Gasteiger partial charge in [0.1, 0.15) is 22.9 Å². The molecule has 1 aliphatic rings. The first kappa shape index (κ1) is 19.4. The van der Waals surface area contributed by atoms with E-state index in [-0.39, 0.29) is 6.10 Å². The Morgan fingerprint density at radius 2 is 1.77 bits per heavy atom. The summed E-state index contributed by atoms with van der Waals surface area (Å²) >= 11 is 0. The van der Waals surface area contributed by atoms with Crippen LogP contribution in [0.4, 0.5) is 5.82 Å². The van der Waals surface area contributed by atoms with Crippen molar-refractivity contribution in [3.8, 4) is 16.9 Å². The van der Waals surface area contributed by atoms with Crippen LogP contribution in [0.3, 0.4) is 0 Å². The van der Waals surface area contributed by atoms with Crippen LogP contribution in [0.2, 0.25) is 0 Å². The fourth-order valence-electron chi connectivity index (χ4n) is 4.08. The van der Waals surface area contributed by atoms with E-state index >= 15 is 0 Å². The summed E-state index contributed by atoms with van der Waals surface area (Å²) in [6, 6.07) is 10.4. The monoisotopic (exact) mass is 412 g/mol. The number of aromatic nitrogens is 5. The van der Waals surface area contributed by atoms with Gasteiger partial charge in [0.2, 0.25) is 0 Å². The SMILES string of the molecule is Cc1nccc(NC2CCC(Oc3cc(-c4cccnc4)cc4nccnc34)CC2)n1. The van der Waals surface area contributed by atoms with Gasteiger partial charge >= 0.3 is 0 Å². The van der Waals surface area contributed by atoms with E-state index in [2.05, 4.69) is 36.3 Å². The number of hydrogen-bond acceptors (Lipinski definition) is 7. The van der Waals surface area contributed by atoms with Crippen LogP contribution in [0.15, 0.2) is 61.3 Å². The Morgan fingerprint density at radius 3 is 2.58 bits per heavy atom. The fraction of sp³-hybridized carbons (Fsp3) is 0.292. The maximum Gasteiger partial charge on any atom is 0.148 e. The van der Waals surface area contributed by atoms with Gasteiger partial charge in [-0.1, -0.05) is 6.07 Å². The normalized spacial score (nSPS) is 18.6. The average Bonchev–Trinajstić information content (AvgIpc) is 2.81. The van der Waals surface area contributed by atoms with Gasteiger partial charge in [-0.15, -0.1) is 0 Å². The molecule has 0 saturated heterocycles. The second kappa shape index (κ2) is 8.63. The maximum atomic E-state index is 6.47. The van der Waals surface area contributed by atoms with Gasteiger partial charge in [-0.2, -0.15) is 0 Å². The molecule has 1 N–H and O–H groups in total. The number of benzene rings is 1. The van der Waals surface area contributed by atoms with Crippen molar-refractivity contribution in [2.24, 2.45) is 0 Å². The van der Waals surface area contributed by atoms with E-state index in [1.807, 2.05) is 37.4 Å². The van der Waals surface area contributed by atoms with Crippen LogP contribution in [-0.4, -0.2) is 37.1 Å². The van der Waals surface area contributed by atoms with Gasteiger partial charge in [-0.3, -0.25) is 9.97 Å². The summed E-state index contributed by atoms with van der Waals surface area (Å²) < 4.78 is 6.47. The largest absolute Gasteiger partial charge is 0.488 e. The molecular weight excluding hydrogens is 388 g/mol. The van der Waals surface area contributed by atoms with Crippen molar-refractivity contribution in [3.63, 3.8) is 0 Å². The molecule has 7 nitrogen and oxygen atoms in total. The summed E-state index contributed by atoms with van der Waals surface area (Å²) in [7, 11) is 0. The third-order valence-corrected chi connectivity index (χ3v) is 5.63. The number of nitrogens with one attached hydrogen (secondary N) is 1. The topological polar surface area (TPSA) is 85.7 Å². The molecule has 5 rings (SSSR count). The van der Waals surface area contributed by atoms with E-state index < -0.39 is 0 Å². The molecule has 0 unspecified atom stereocenters. The molecule has 3 aromatic heterocycles. The van der Waals surface area contributed by atoms with Crippen molar-refractivity contribution in [1.82, 2.24) is 24.9 Å². The Morgan fingerprint density at radius 1 is 0.903 bits per heavy atom. The highest BCUT2D eigenvalue weighted by Crippen LogP contribution is 2.33. The minimum Gasteiger partial charge on any atom is -0.488 e. The van der Waals surface area contributed by atoms with Crippen LogP contribution < -0.4 is 10.1 Å². The quantitative estimate of drug-likeness (QED) is 0.513. The predicted molar refractivity (Wildman–Crippen MR) is 120 cm³/mol. The Balaban J connectivity index is 1.32. The van der Waals surface area contributed by atoms with Gasteiger partial charge in [0, 0.05) is 42.6 Å². The highest BCUT2D eigenvalue weighted by molar-refractivity contribution is 5.86. The van der Waals surface area contributed by atoms with E-state index in [0.717, 1.165) is 65.2 Å². The van der Waals surface area contributed by atoms with Crippen LogP contribution in [-0.2, 0) is 0 Å². The lowest BCUT2D eigenvalue weighted by Crippen LogP contribution is -2.31. The number of hydrogen-bond donors (Lipinski definition) is 1. The van der Waals surface area contributed by atoms with Gasteiger partial charge < -0.3 is 10.1 Å². The van der Waals surface area contributed by atoms with Crippen LogP contribution in [0.25, 0.3) is 22.2 Å². The van der Waals surface area contributed by atoms with E-state index in [1.165, 1.54) is 0 Å². The van der Waals surface area contributed by atoms with Gasteiger partial charge in [-0.05, 0) is 62.4 Å². The highest BCUT2D eigenvalue weighted by Gasteiger charge is 2.24. The molecule has 1 aliphatic carbocycles. The van der Waals surface area contributed by atoms with Gasteiger partial charge in [-0.25, -0.2) is 15.0 Å². The van der Waals surface area contributed by atoms with Crippen LogP contribution in [0.1, 0.15) is 31.5 Å². The zero-order valence-electron chi connectivity index (χ0n) is 17.4. The smallest absolute Gasteiger partial charge is 0.148 e. The van der Waals surface area contributed by atoms with E-state index in [1.54, 1.807) is 24.8 Å². The summed E-state index contributed by atoms with van der Waals surface area (Å²) in [6.07, 6.45) is 13.0. The molecule has 0 bridgehead atoms. The first-order valence-corrected chi connectivity index (χ1v) is 10.6. The number of anilines is 1.